The van der Waals surface area contributed by atoms with Crippen molar-refractivity contribution in [1.29, 1.82) is 0 Å². The fraction of sp³-hybridized carbons (Fsp3) is 0.182. The minimum Gasteiger partial charge on any atom is -0.305 e. The van der Waals surface area contributed by atoms with Crippen molar-refractivity contribution in [2.24, 2.45) is 0 Å². The molecule has 0 bridgehead atoms. The lowest BCUT2D eigenvalue weighted by molar-refractivity contribution is 0.262. The van der Waals surface area contributed by atoms with E-state index in [1.54, 1.807) is 17.1 Å². The van der Waals surface area contributed by atoms with Crippen LogP contribution in [0.1, 0.15) is 6.92 Å². The van der Waals surface area contributed by atoms with E-state index in [1.165, 1.54) is 12.3 Å². The largest absolute Gasteiger partial charge is 0.324 e. The van der Waals surface area contributed by atoms with Crippen LogP contribution in [0.4, 0.5) is 16.3 Å². The molecular weight excluding hydrogens is 289 g/mol. The van der Waals surface area contributed by atoms with Gasteiger partial charge < -0.3 is 5.32 Å². The molecule has 100 valence electrons. The predicted octanol–water partition coefficient (Wildman–Crippen LogP) is 3.25. The molecule has 0 aliphatic carbocycles. The first-order chi connectivity index (χ1) is 9.08. The highest BCUT2D eigenvalue weighted by atomic mass is 35.5. The van der Waals surface area contributed by atoms with E-state index in [-0.39, 0.29) is 0 Å². The summed E-state index contributed by atoms with van der Waals surface area (Å²) in [6, 6.07) is 1.04. The number of nitrogens with zero attached hydrogens (tertiary/aromatic N) is 3. The van der Waals surface area contributed by atoms with Crippen molar-refractivity contribution in [1.82, 2.24) is 14.8 Å². The minimum atomic E-state index is -0.429. The van der Waals surface area contributed by atoms with Gasteiger partial charge in [-0.3, -0.25) is 10.00 Å². The molecule has 2 N–H and O–H groups in total. The van der Waals surface area contributed by atoms with Gasteiger partial charge in [-0.15, -0.1) is 0 Å². The van der Waals surface area contributed by atoms with E-state index in [4.69, 9.17) is 23.2 Å². The fourth-order valence-electron chi connectivity index (χ4n) is 1.36. The number of aryl methyl sites for hydroxylation is 1. The Kier molecular flexibility index (Phi) is 4.24. The molecule has 2 aromatic rings. The maximum Gasteiger partial charge on any atom is 0.324 e. The number of carbonyl (C=O) groups is 1. The Morgan fingerprint density at radius 2 is 2.11 bits per heavy atom. The average Bonchev–Trinajstić information content (AvgIpc) is 2.81. The number of anilines is 2. The lowest BCUT2D eigenvalue weighted by atomic mass is 10.4. The molecule has 2 rings (SSSR count). The Hall–Kier alpha value is -1.79. The maximum absolute atomic E-state index is 11.7. The zero-order valence-electron chi connectivity index (χ0n) is 10.0. The van der Waals surface area contributed by atoms with Crippen LogP contribution in [0.25, 0.3) is 0 Å². The third-order valence-corrected chi connectivity index (χ3v) is 2.98. The quantitative estimate of drug-likeness (QED) is 0.914. The van der Waals surface area contributed by atoms with E-state index in [0.29, 0.717) is 21.6 Å². The van der Waals surface area contributed by atoms with Crippen molar-refractivity contribution >= 4 is 40.7 Å². The van der Waals surface area contributed by atoms with E-state index in [1.807, 2.05) is 6.92 Å². The van der Waals surface area contributed by atoms with E-state index in [2.05, 4.69) is 20.7 Å². The fourth-order valence-corrected chi connectivity index (χ4v) is 1.62. The molecule has 6 nitrogen and oxygen atoms in total. The van der Waals surface area contributed by atoms with E-state index < -0.39 is 6.03 Å². The summed E-state index contributed by atoms with van der Waals surface area (Å²) in [7, 11) is 0. The van der Waals surface area contributed by atoms with Gasteiger partial charge in [-0.25, -0.2) is 9.78 Å². The van der Waals surface area contributed by atoms with Gasteiger partial charge in [0.1, 0.15) is 5.82 Å². The summed E-state index contributed by atoms with van der Waals surface area (Å²) in [6.45, 7) is 2.69. The molecule has 0 atom stereocenters. The minimum absolute atomic E-state index is 0.315. The van der Waals surface area contributed by atoms with Gasteiger partial charge in [0.05, 0.1) is 21.9 Å². The second-order valence-electron chi connectivity index (χ2n) is 3.65. The molecule has 8 heteroatoms. The number of pyridine rings is 1. The first-order valence-electron chi connectivity index (χ1n) is 5.50. The van der Waals surface area contributed by atoms with Gasteiger partial charge >= 0.3 is 6.03 Å². The first-order valence-corrected chi connectivity index (χ1v) is 6.25. The summed E-state index contributed by atoms with van der Waals surface area (Å²) in [5.41, 5.74) is 0.597. The van der Waals surface area contributed by atoms with Crippen LogP contribution >= 0.6 is 23.2 Å². The summed E-state index contributed by atoms with van der Waals surface area (Å²) in [5, 5.41) is 9.87. The van der Waals surface area contributed by atoms with Gasteiger partial charge in [0.2, 0.25) is 0 Å². The van der Waals surface area contributed by atoms with Crippen molar-refractivity contribution in [3.05, 3.63) is 34.7 Å². The van der Waals surface area contributed by atoms with Gasteiger partial charge in [0.15, 0.2) is 0 Å². The van der Waals surface area contributed by atoms with Gasteiger partial charge in [0.25, 0.3) is 0 Å². The maximum atomic E-state index is 11.7. The number of carbonyl (C=O) groups excluding carboxylic acids is 1. The van der Waals surface area contributed by atoms with Gasteiger partial charge in [-0.05, 0) is 6.92 Å². The Balaban J connectivity index is 1.98. The Bertz CT molecular complexity index is 599. The molecule has 0 radical (unpaired) electrons. The highest BCUT2D eigenvalue weighted by molar-refractivity contribution is 6.42. The predicted molar refractivity (Wildman–Crippen MR) is 74.8 cm³/mol. The molecular formula is C11H11Cl2N5O. The summed E-state index contributed by atoms with van der Waals surface area (Å²) in [5.74, 6) is 0.315. The number of halogens is 2. The second-order valence-corrected chi connectivity index (χ2v) is 4.46. The number of urea groups is 1. The van der Waals surface area contributed by atoms with Crippen molar-refractivity contribution in [3.8, 4) is 0 Å². The summed E-state index contributed by atoms with van der Waals surface area (Å²) in [6.07, 6.45) is 4.65. The van der Waals surface area contributed by atoms with Crippen LogP contribution in [0.2, 0.25) is 10.0 Å². The molecule has 0 spiro atoms. The van der Waals surface area contributed by atoms with E-state index in [9.17, 15) is 4.79 Å². The topological polar surface area (TPSA) is 71.8 Å². The Labute approximate surface area is 119 Å². The molecule has 2 aromatic heterocycles. The molecule has 0 aliphatic heterocycles. The molecule has 0 aromatic carbocycles. The van der Waals surface area contributed by atoms with Crippen molar-refractivity contribution < 1.29 is 4.79 Å². The molecule has 19 heavy (non-hydrogen) atoms. The normalized spacial score (nSPS) is 10.3. The van der Waals surface area contributed by atoms with Crippen LogP contribution in [-0.2, 0) is 6.54 Å². The lowest BCUT2D eigenvalue weighted by Gasteiger charge is -2.05. The van der Waals surface area contributed by atoms with Crippen LogP contribution in [0.5, 0.6) is 0 Å². The average molecular weight is 300 g/mol. The zero-order chi connectivity index (χ0) is 13.8. The smallest absolute Gasteiger partial charge is 0.305 e. The molecule has 0 aliphatic rings. The van der Waals surface area contributed by atoms with E-state index in [0.717, 1.165) is 6.54 Å². The van der Waals surface area contributed by atoms with Crippen molar-refractivity contribution in [2.45, 2.75) is 13.5 Å². The number of hydrogen-bond acceptors (Lipinski definition) is 3. The summed E-state index contributed by atoms with van der Waals surface area (Å²) < 4.78 is 1.70. The van der Waals surface area contributed by atoms with Crippen LogP contribution in [0.3, 0.4) is 0 Å². The Morgan fingerprint density at radius 1 is 1.32 bits per heavy atom. The summed E-state index contributed by atoms with van der Waals surface area (Å²) in [4.78, 5) is 15.6. The highest BCUT2D eigenvalue weighted by Crippen LogP contribution is 2.22. The van der Waals surface area contributed by atoms with Crippen molar-refractivity contribution in [2.75, 3.05) is 10.6 Å². The standard InChI is InChI=1S/C11H11Cl2N5O/c1-2-18-6-7(4-15-18)16-11(19)17-10-3-8(12)9(13)5-14-10/h3-6H,2H2,1H3,(H2,14,16,17,19). The number of aromatic nitrogens is 3. The number of rotatable bonds is 3. The SMILES string of the molecule is CCn1cc(NC(=O)Nc2cc(Cl)c(Cl)cn2)cn1. The monoisotopic (exact) mass is 299 g/mol. The highest BCUT2D eigenvalue weighted by Gasteiger charge is 2.07. The van der Waals surface area contributed by atoms with Gasteiger partial charge in [-0.2, -0.15) is 5.10 Å². The molecule has 2 amide bonds. The van der Waals surface area contributed by atoms with Crippen LogP contribution in [0, 0.1) is 0 Å². The number of amides is 2. The van der Waals surface area contributed by atoms with Crippen molar-refractivity contribution in [3.63, 3.8) is 0 Å². The third kappa shape index (κ3) is 3.59. The third-order valence-electron chi connectivity index (χ3n) is 2.27. The van der Waals surface area contributed by atoms with Crippen LogP contribution in [0.15, 0.2) is 24.7 Å². The van der Waals surface area contributed by atoms with Gasteiger partial charge in [-0.1, -0.05) is 23.2 Å². The van der Waals surface area contributed by atoms with Gasteiger partial charge in [0, 0.05) is 25.0 Å². The van der Waals surface area contributed by atoms with Crippen LogP contribution in [-0.4, -0.2) is 20.8 Å². The second kappa shape index (κ2) is 5.90. The van der Waals surface area contributed by atoms with Crippen LogP contribution < -0.4 is 10.6 Å². The molecule has 0 saturated carbocycles. The molecule has 0 unspecified atom stereocenters. The molecule has 2 heterocycles. The number of nitrogens with one attached hydrogen (secondary N) is 2. The Morgan fingerprint density at radius 3 is 2.74 bits per heavy atom. The summed E-state index contributed by atoms with van der Waals surface area (Å²) >= 11 is 11.6. The van der Waals surface area contributed by atoms with E-state index >= 15 is 0 Å². The first kappa shape index (κ1) is 13.6. The molecule has 0 fully saturated rings. The lowest BCUT2D eigenvalue weighted by Crippen LogP contribution is -2.19. The zero-order valence-corrected chi connectivity index (χ0v) is 11.5. The number of hydrogen-bond donors (Lipinski definition) is 2. The molecule has 0 saturated heterocycles.